The number of morpholine rings is 1. The van der Waals surface area contributed by atoms with Crippen molar-refractivity contribution in [1.29, 1.82) is 0 Å². The maximum atomic E-state index is 12.5. The molecule has 0 aromatic heterocycles. The minimum Gasteiger partial charge on any atom is -0.379 e. The summed E-state index contributed by atoms with van der Waals surface area (Å²) in [7, 11) is 0. The Hall–Kier alpha value is -1.63. The summed E-state index contributed by atoms with van der Waals surface area (Å²) in [4.78, 5) is 29.0. The zero-order valence-corrected chi connectivity index (χ0v) is 16.4. The maximum absolute atomic E-state index is 12.5. The molecule has 0 unspecified atom stereocenters. The van der Waals surface area contributed by atoms with Gasteiger partial charge in [0.05, 0.1) is 19.1 Å². The van der Waals surface area contributed by atoms with E-state index < -0.39 is 0 Å². The van der Waals surface area contributed by atoms with Crippen LogP contribution >= 0.6 is 11.6 Å². The van der Waals surface area contributed by atoms with Crippen LogP contribution in [0, 0.1) is 5.92 Å². The fraction of sp³-hybridized carbons (Fsp3) is 0.600. The first-order chi connectivity index (χ1) is 13.1. The Morgan fingerprint density at radius 1 is 1.26 bits per heavy atom. The first-order valence-electron chi connectivity index (χ1n) is 9.72. The molecular formula is C20H28ClN3O3. The molecule has 2 fully saturated rings. The Bertz CT molecular complexity index is 649. The zero-order chi connectivity index (χ0) is 19.1. The number of nitrogens with one attached hydrogen (secondary N) is 1. The van der Waals surface area contributed by atoms with Crippen LogP contribution in [0.5, 0.6) is 0 Å². The molecule has 0 spiro atoms. The molecule has 2 heterocycles. The highest BCUT2D eigenvalue weighted by Gasteiger charge is 2.29. The molecule has 0 aliphatic carbocycles. The lowest BCUT2D eigenvalue weighted by molar-refractivity contribution is -0.138. The van der Waals surface area contributed by atoms with Gasteiger partial charge in [-0.3, -0.25) is 14.5 Å². The molecule has 6 nitrogen and oxygen atoms in total. The molecule has 0 saturated carbocycles. The highest BCUT2D eigenvalue weighted by Crippen LogP contribution is 2.19. The molecule has 0 radical (unpaired) electrons. The molecule has 1 atom stereocenters. The third kappa shape index (κ3) is 6.19. The largest absolute Gasteiger partial charge is 0.379 e. The van der Waals surface area contributed by atoms with Crippen LogP contribution in [0.3, 0.4) is 0 Å². The second-order valence-electron chi connectivity index (χ2n) is 7.23. The number of likely N-dealkylation sites (tertiary alicyclic amines) is 1. The third-order valence-corrected chi connectivity index (χ3v) is 5.47. The van der Waals surface area contributed by atoms with E-state index in [2.05, 4.69) is 10.2 Å². The van der Waals surface area contributed by atoms with Gasteiger partial charge < -0.3 is 15.0 Å². The Morgan fingerprint density at radius 2 is 2.07 bits per heavy atom. The van der Waals surface area contributed by atoms with Crippen molar-refractivity contribution in [3.8, 4) is 0 Å². The van der Waals surface area contributed by atoms with Gasteiger partial charge in [0.15, 0.2) is 0 Å². The number of carbonyl (C=O) groups is 2. The van der Waals surface area contributed by atoms with Crippen molar-refractivity contribution < 1.29 is 14.3 Å². The van der Waals surface area contributed by atoms with Gasteiger partial charge in [0, 0.05) is 50.7 Å². The summed E-state index contributed by atoms with van der Waals surface area (Å²) in [5, 5.41) is 3.64. The number of carbonyl (C=O) groups excluding carboxylic acids is 2. The van der Waals surface area contributed by atoms with E-state index in [4.69, 9.17) is 16.3 Å². The summed E-state index contributed by atoms with van der Waals surface area (Å²) in [6.45, 7) is 6.16. The quantitative estimate of drug-likeness (QED) is 0.768. The molecule has 2 aliphatic rings. The molecular weight excluding hydrogens is 366 g/mol. The number of rotatable bonds is 7. The van der Waals surface area contributed by atoms with Crippen LogP contribution in [0.2, 0.25) is 5.02 Å². The Balaban J connectivity index is 1.42. The van der Waals surface area contributed by atoms with Crippen LogP contribution in [0.25, 0.3) is 0 Å². The van der Waals surface area contributed by atoms with Crippen LogP contribution in [0.1, 0.15) is 24.8 Å². The van der Waals surface area contributed by atoms with Crippen LogP contribution < -0.4 is 5.32 Å². The van der Waals surface area contributed by atoms with Crippen molar-refractivity contribution in [2.45, 2.75) is 25.8 Å². The fourth-order valence-electron chi connectivity index (χ4n) is 3.64. The van der Waals surface area contributed by atoms with Gasteiger partial charge in [0.25, 0.3) is 0 Å². The molecule has 27 heavy (non-hydrogen) atoms. The monoisotopic (exact) mass is 393 g/mol. The zero-order valence-electron chi connectivity index (χ0n) is 15.7. The first-order valence-corrected chi connectivity index (χ1v) is 10.1. The van der Waals surface area contributed by atoms with Crippen LogP contribution in [0.4, 0.5) is 0 Å². The smallest absolute Gasteiger partial charge is 0.225 e. The number of piperidine rings is 1. The summed E-state index contributed by atoms with van der Waals surface area (Å²) in [5.41, 5.74) is 0.977. The number of amides is 2. The molecule has 1 N–H and O–H groups in total. The summed E-state index contributed by atoms with van der Waals surface area (Å²) in [5.74, 6) is 0.0433. The topological polar surface area (TPSA) is 61.9 Å². The summed E-state index contributed by atoms with van der Waals surface area (Å²) >= 11 is 5.98. The molecule has 1 aromatic carbocycles. The number of halogens is 1. The first kappa shape index (κ1) is 20.1. The summed E-state index contributed by atoms with van der Waals surface area (Å²) in [6.07, 6.45) is 2.01. The average molecular weight is 394 g/mol. The standard InChI is InChI=1S/C20H28ClN3O3/c21-18-4-1-3-16(13-18)14-22-20(26)17-5-6-19(25)24(15-17)8-2-7-23-9-11-27-12-10-23/h1,3-4,13,17H,2,5-12,14-15H2,(H,22,26)/t17-/m0/s1. The minimum atomic E-state index is -0.134. The normalized spacial score (nSPS) is 21.3. The van der Waals surface area contributed by atoms with Crippen molar-refractivity contribution >= 4 is 23.4 Å². The molecule has 1 aromatic rings. The van der Waals surface area contributed by atoms with E-state index in [0.29, 0.717) is 37.5 Å². The van der Waals surface area contributed by atoms with Gasteiger partial charge >= 0.3 is 0 Å². The number of hydrogen-bond donors (Lipinski definition) is 1. The van der Waals surface area contributed by atoms with Crippen LogP contribution in [-0.2, 0) is 20.9 Å². The van der Waals surface area contributed by atoms with Gasteiger partial charge in [0.1, 0.15) is 0 Å². The van der Waals surface area contributed by atoms with Gasteiger partial charge in [-0.2, -0.15) is 0 Å². The van der Waals surface area contributed by atoms with Crippen LogP contribution in [-0.4, -0.2) is 67.6 Å². The molecule has 148 valence electrons. The molecule has 2 amide bonds. The highest BCUT2D eigenvalue weighted by molar-refractivity contribution is 6.30. The summed E-state index contributed by atoms with van der Waals surface area (Å²) < 4.78 is 5.36. The number of benzene rings is 1. The lowest BCUT2D eigenvalue weighted by atomic mass is 9.96. The van der Waals surface area contributed by atoms with Gasteiger partial charge in [-0.1, -0.05) is 23.7 Å². The lowest BCUT2D eigenvalue weighted by Gasteiger charge is -2.33. The van der Waals surface area contributed by atoms with E-state index in [9.17, 15) is 9.59 Å². The fourth-order valence-corrected chi connectivity index (χ4v) is 3.85. The second kappa shape index (κ2) is 10.1. The number of nitrogens with zero attached hydrogens (tertiary/aromatic N) is 2. The van der Waals surface area contributed by atoms with E-state index in [1.165, 1.54) is 0 Å². The van der Waals surface area contributed by atoms with E-state index in [1.54, 1.807) is 0 Å². The van der Waals surface area contributed by atoms with E-state index in [-0.39, 0.29) is 17.7 Å². The van der Waals surface area contributed by atoms with Crippen LogP contribution in [0.15, 0.2) is 24.3 Å². The predicted octanol–water partition coefficient (Wildman–Crippen LogP) is 1.92. The second-order valence-corrected chi connectivity index (χ2v) is 7.67. The Morgan fingerprint density at radius 3 is 2.85 bits per heavy atom. The summed E-state index contributed by atoms with van der Waals surface area (Å²) in [6, 6.07) is 7.48. The number of hydrogen-bond acceptors (Lipinski definition) is 4. The average Bonchev–Trinajstić information content (AvgIpc) is 2.68. The predicted molar refractivity (Wildman–Crippen MR) is 104 cm³/mol. The Kier molecular flexibility index (Phi) is 7.50. The third-order valence-electron chi connectivity index (χ3n) is 5.23. The van der Waals surface area contributed by atoms with Crippen molar-refractivity contribution in [2.24, 2.45) is 5.92 Å². The van der Waals surface area contributed by atoms with E-state index in [0.717, 1.165) is 44.8 Å². The highest BCUT2D eigenvalue weighted by atomic mass is 35.5. The van der Waals surface area contributed by atoms with Crippen molar-refractivity contribution in [3.05, 3.63) is 34.9 Å². The Labute approximate surface area is 165 Å². The SMILES string of the molecule is O=C(NCc1cccc(Cl)c1)[C@H]1CCC(=O)N(CCCN2CCOCC2)C1. The van der Waals surface area contributed by atoms with E-state index >= 15 is 0 Å². The number of ether oxygens (including phenoxy) is 1. The van der Waals surface area contributed by atoms with Crippen molar-refractivity contribution in [1.82, 2.24) is 15.1 Å². The lowest BCUT2D eigenvalue weighted by Crippen LogP contribution is -2.46. The van der Waals surface area contributed by atoms with Crippen molar-refractivity contribution in [3.63, 3.8) is 0 Å². The van der Waals surface area contributed by atoms with Gasteiger partial charge in [-0.25, -0.2) is 0 Å². The molecule has 2 aliphatic heterocycles. The van der Waals surface area contributed by atoms with Gasteiger partial charge in [-0.15, -0.1) is 0 Å². The van der Waals surface area contributed by atoms with Crippen molar-refractivity contribution in [2.75, 3.05) is 45.9 Å². The molecule has 7 heteroatoms. The van der Waals surface area contributed by atoms with Gasteiger partial charge in [0.2, 0.25) is 11.8 Å². The van der Waals surface area contributed by atoms with Gasteiger partial charge in [-0.05, 0) is 30.5 Å². The molecule has 0 bridgehead atoms. The molecule has 3 rings (SSSR count). The van der Waals surface area contributed by atoms with E-state index in [1.807, 2.05) is 29.2 Å². The minimum absolute atomic E-state index is 0.0145. The maximum Gasteiger partial charge on any atom is 0.225 e. The molecule has 2 saturated heterocycles.